The van der Waals surface area contributed by atoms with Gasteiger partial charge in [0.15, 0.2) is 11.6 Å². The zero-order valence-corrected chi connectivity index (χ0v) is 31.4. The molecule has 1 spiro atoms. The smallest absolute Gasteiger partial charge is 0.163 e. The predicted molar refractivity (Wildman–Crippen MR) is 234 cm³/mol. The zero-order chi connectivity index (χ0) is 38.2. The number of aromatic nitrogens is 4. The van der Waals surface area contributed by atoms with Crippen LogP contribution < -0.4 is 0 Å². The summed E-state index contributed by atoms with van der Waals surface area (Å²) in [6.45, 7) is 0. The van der Waals surface area contributed by atoms with Crippen LogP contribution in [-0.2, 0) is 5.41 Å². The van der Waals surface area contributed by atoms with Crippen LogP contribution in [0.15, 0.2) is 175 Å². The van der Waals surface area contributed by atoms with Gasteiger partial charge in [-0.3, -0.25) is 0 Å². The topological polar surface area (TPSA) is 64.7 Å². The predicted octanol–water partition coefficient (Wildman–Crippen LogP) is 12.7. The summed E-state index contributed by atoms with van der Waals surface area (Å²) in [5.74, 6) is 1.29. The number of nitrogens with zero attached hydrogens (tertiary/aromatic N) is 4. The molecule has 3 aliphatic rings. The van der Waals surface area contributed by atoms with Gasteiger partial charge in [0.25, 0.3) is 0 Å². The normalized spacial score (nSPS) is 16.2. The molecular weight excluding hydrogens is 709 g/mol. The highest BCUT2D eigenvalue weighted by Gasteiger charge is 2.49. The lowest BCUT2D eigenvalue weighted by atomic mass is 9.65. The molecule has 0 aliphatic heterocycles. The van der Waals surface area contributed by atoms with Gasteiger partial charge in [0.1, 0.15) is 11.2 Å². The molecule has 5 heteroatoms. The molecule has 0 radical (unpaired) electrons. The van der Waals surface area contributed by atoms with Crippen LogP contribution in [0, 0.1) is 0 Å². The summed E-state index contributed by atoms with van der Waals surface area (Å²) in [6.07, 6.45) is 16.7. The van der Waals surface area contributed by atoms with E-state index in [2.05, 4.69) is 146 Å². The van der Waals surface area contributed by atoms with Gasteiger partial charge in [0, 0.05) is 39.9 Å². The SMILES string of the molecule is C1=CC(c2ncc(-c3nc(-c4ccccc4)cc(-c4ccc5c(c4)C4(c6ccccc6C=C5)c5ccccc5-c5c4ccc4oc6ccccc6c54)n3)cn2)=CCC1. The Hall–Kier alpha value is -7.50. The second-order valence-electron chi connectivity index (χ2n) is 15.2. The van der Waals surface area contributed by atoms with Crippen molar-refractivity contribution in [3.8, 4) is 45.0 Å². The third-order valence-electron chi connectivity index (χ3n) is 12.1. The van der Waals surface area contributed by atoms with E-state index < -0.39 is 5.41 Å². The lowest BCUT2D eigenvalue weighted by Crippen LogP contribution is -2.30. The maximum absolute atomic E-state index is 6.50. The van der Waals surface area contributed by atoms with Crippen molar-refractivity contribution in [3.05, 3.63) is 209 Å². The minimum atomic E-state index is -0.631. The fraction of sp³-hybridized carbons (Fsp3) is 0.0566. The van der Waals surface area contributed by atoms with Crippen LogP contribution >= 0.6 is 0 Å². The Morgan fingerprint density at radius 2 is 1.24 bits per heavy atom. The van der Waals surface area contributed by atoms with Crippen LogP contribution in [0.2, 0.25) is 0 Å². The van der Waals surface area contributed by atoms with E-state index in [0.717, 1.165) is 74.0 Å². The molecule has 1 atom stereocenters. The largest absolute Gasteiger partial charge is 0.456 e. The molecule has 0 bridgehead atoms. The molecule has 58 heavy (non-hydrogen) atoms. The molecule has 3 heterocycles. The van der Waals surface area contributed by atoms with Gasteiger partial charge in [-0.15, -0.1) is 0 Å². The van der Waals surface area contributed by atoms with Crippen molar-refractivity contribution in [2.75, 3.05) is 0 Å². The molecule has 0 amide bonds. The monoisotopic (exact) mass is 742 g/mol. The Balaban J connectivity index is 1.11. The highest BCUT2D eigenvalue weighted by Crippen LogP contribution is 2.61. The summed E-state index contributed by atoms with van der Waals surface area (Å²) in [6, 6.07) is 49.9. The molecule has 6 aromatic carbocycles. The first kappa shape index (κ1) is 32.7. The number of hydrogen-bond acceptors (Lipinski definition) is 5. The van der Waals surface area contributed by atoms with Crippen LogP contribution in [0.3, 0.4) is 0 Å². The van der Waals surface area contributed by atoms with Gasteiger partial charge in [-0.25, -0.2) is 19.9 Å². The van der Waals surface area contributed by atoms with Crippen LogP contribution in [0.1, 0.15) is 52.0 Å². The first-order valence-electron chi connectivity index (χ1n) is 19.9. The van der Waals surface area contributed by atoms with Gasteiger partial charge in [0.2, 0.25) is 0 Å². The summed E-state index contributed by atoms with van der Waals surface area (Å²) in [5, 5.41) is 2.28. The zero-order valence-electron chi connectivity index (χ0n) is 31.4. The van der Waals surface area contributed by atoms with Gasteiger partial charge in [-0.1, -0.05) is 146 Å². The number of para-hydroxylation sites is 1. The Bertz CT molecular complexity index is 3230. The van der Waals surface area contributed by atoms with E-state index in [4.69, 9.17) is 24.4 Å². The van der Waals surface area contributed by atoms with E-state index in [1.165, 1.54) is 38.9 Å². The van der Waals surface area contributed by atoms with Crippen molar-refractivity contribution in [1.29, 1.82) is 0 Å². The molecule has 0 saturated heterocycles. The number of furan rings is 1. The second-order valence-corrected chi connectivity index (χ2v) is 15.2. The van der Waals surface area contributed by atoms with Crippen LogP contribution in [0.25, 0.3) is 84.7 Å². The van der Waals surface area contributed by atoms with E-state index in [9.17, 15) is 0 Å². The number of hydrogen-bond donors (Lipinski definition) is 0. The van der Waals surface area contributed by atoms with E-state index in [0.29, 0.717) is 11.6 Å². The van der Waals surface area contributed by atoms with Gasteiger partial charge in [0.05, 0.1) is 22.4 Å². The summed E-state index contributed by atoms with van der Waals surface area (Å²) < 4.78 is 6.50. The Labute approximate surface area is 335 Å². The van der Waals surface area contributed by atoms with E-state index in [1.807, 2.05) is 36.7 Å². The molecule has 3 aliphatic carbocycles. The molecule has 3 aromatic heterocycles. The van der Waals surface area contributed by atoms with E-state index in [-0.39, 0.29) is 0 Å². The average Bonchev–Trinajstić information content (AvgIpc) is 3.77. The van der Waals surface area contributed by atoms with Crippen molar-refractivity contribution in [2.45, 2.75) is 18.3 Å². The molecule has 9 aromatic rings. The average molecular weight is 743 g/mol. The molecule has 0 fully saturated rings. The first-order valence-corrected chi connectivity index (χ1v) is 19.9. The van der Waals surface area contributed by atoms with Gasteiger partial charge in [-0.05, 0) is 81.6 Å². The molecule has 0 N–H and O–H groups in total. The highest BCUT2D eigenvalue weighted by molar-refractivity contribution is 6.15. The second kappa shape index (κ2) is 12.8. The first-order chi connectivity index (χ1) is 28.7. The summed E-state index contributed by atoms with van der Waals surface area (Å²) in [5.41, 5.74) is 16.4. The van der Waals surface area contributed by atoms with Gasteiger partial charge in [-0.2, -0.15) is 0 Å². The summed E-state index contributed by atoms with van der Waals surface area (Å²) in [4.78, 5) is 19.9. The number of rotatable bonds is 4. The Morgan fingerprint density at radius 1 is 0.500 bits per heavy atom. The highest BCUT2D eigenvalue weighted by atomic mass is 16.3. The van der Waals surface area contributed by atoms with Crippen molar-refractivity contribution in [3.63, 3.8) is 0 Å². The number of benzene rings is 6. The molecule has 12 rings (SSSR count). The molecule has 1 unspecified atom stereocenters. The Kier molecular flexibility index (Phi) is 7.20. The fourth-order valence-corrected chi connectivity index (χ4v) is 9.51. The molecule has 272 valence electrons. The van der Waals surface area contributed by atoms with Gasteiger partial charge < -0.3 is 4.42 Å². The summed E-state index contributed by atoms with van der Waals surface area (Å²) >= 11 is 0. The fourth-order valence-electron chi connectivity index (χ4n) is 9.51. The third kappa shape index (κ3) is 4.83. The van der Waals surface area contributed by atoms with E-state index in [1.54, 1.807) is 0 Å². The Morgan fingerprint density at radius 3 is 2.09 bits per heavy atom. The number of fused-ring (bicyclic) bond motifs is 13. The van der Waals surface area contributed by atoms with Crippen LogP contribution in [-0.4, -0.2) is 19.9 Å². The van der Waals surface area contributed by atoms with Gasteiger partial charge >= 0.3 is 0 Å². The van der Waals surface area contributed by atoms with Crippen LogP contribution in [0.5, 0.6) is 0 Å². The minimum Gasteiger partial charge on any atom is -0.456 e. The maximum Gasteiger partial charge on any atom is 0.163 e. The maximum atomic E-state index is 6.50. The number of allylic oxidation sites excluding steroid dienone is 4. The van der Waals surface area contributed by atoms with Crippen molar-refractivity contribution in [1.82, 2.24) is 19.9 Å². The van der Waals surface area contributed by atoms with Crippen LogP contribution in [0.4, 0.5) is 0 Å². The van der Waals surface area contributed by atoms with Crippen molar-refractivity contribution >= 4 is 39.7 Å². The standard InChI is InChI=1S/C53H34N4O/c1-3-14-35(15-4-1)45-30-46(57-52(56-45)38-31-54-51(55-32-38)36-16-5-2-6-17-36)37-26-25-34-24-23-33-13-7-10-20-41(33)53(44(34)29-37)42-21-11-8-18-39(42)49-43(53)27-28-48-50(49)40-19-9-12-22-47(40)58-48/h1,3-5,7-32H,2,6H2. The quantitative estimate of drug-likeness (QED) is 0.180. The van der Waals surface area contributed by atoms with Crippen molar-refractivity contribution in [2.24, 2.45) is 0 Å². The lowest BCUT2D eigenvalue weighted by molar-refractivity contribution is 0.668. The lowest BCUT2D eigenvalue weighted by Gasteiger charge is -2.35. The molecular formula is C53H34N4O. The summed E-state index contributed by atoms with van der Waals surface area (Å²) in [7, 11) is 0. The molecule has 5 nitrogen and oxygen atoms in total. The minimum absolute atomic E-state index is 0.580. The van der Waals surface area contributed by atoms with E-state index >= 15 is 0 Å². The van der Waals surface area contributed by atoms with Crippen molar-refractivity contribution < 1.29 is 4.42 Å². The third-order valence-corrected chi connectivity index (χ3v) is 12.1. The molecule has 0 saturated carbocycles.